The second-order valence-corrected chi connectivity index (χ2v) is 3.29. The molecule has 1 heteroatoms. The summed E-state index contributed by atoms with van der Waals surface area (Å²) >= 11 is 0. The van der Waals surface area contributed by atoms with Crippen LogP contribution >= 0.6 is 0 Å². The van der Waals surface area contributed by atoms with Crippen molar-refractivity contribution in [1.29, 1.82) is 0 Å². The van der Waals surface area contributed by atoms with E-state index in [0.29, 0.717) is 6.04 Å². The fourth-order valence-corrected chi connectivity index (χ4v) is 1.64. The Bertz CT molecular complexity index is 82.7. The lowest BCUT2D eigenvalue weighted by Crippen LogP contribution is -2.36. The Balaban J connectivity index is 2.13. The van der Waals surface area contributed by atoms with Gasteiger partial charge < -0.3 is 5.32 Å². The lowest BCUT2D eigenvalue weighted by molar-refractivity contribution is 0.361. The van der Waals surface area contributed by atoms with Crippen molar-refractivity contribution in [3.05, 3.63) is 6.92 Å². The summed E-state index contributed by atoms with van der Waals surface area (Å²) in [5.41, 5.74) is 0. The molecule has 10 heavy (non-hydrogen) atoms. The summed E-state index contributed by atoms with van der Waals surface area (Å²) in [6.07, 6.45) is 6.81. The van der Waals surface area contributed by atoms with Crippen LogP contribution in [0.15, 0.2) is 0 Å². The zero-order valence-electron chi connectivity index (χ0n) is 6.77. The molecule has 2 radical (unpaired) electrons. The maximum absolute atomic E-state index is 5.61. The van der Waals surface area contributed by atoms with Crippen molar-refractivity contribution in [1.82, 2.24) is 5.32 Å². The van der Waals surface area contributed by atoms with Gasteiger partial charge in [0.2, 0.25) is 0 Å². The largest absolute Gasteiger partial charge is 0.311 e. The van der Waals surface area contributed by atoms with E-state index in [0.717, 1.165) is 0 Å². The topological polar surface area (TPSA) is 12.0 Å². The number of rotatable bonds is 2. The first-order chi connectivity index (χ1) is 4.79. The summed E-state index contributed by atoms with van der Waals surface area (Å²) in [5, 5.41) is 3.36. The van der Waals surface area contributed by atoms with E-state index in [-0.39, 0.29) is 6.04 Å². The van der Waals surface area contributed by atoms with Crippen LogP contribution in [0.5, 0.6) is 0 Å². The van der Waals surface area contributed by atoms with Gasteiger partial charge in [0.25, 0.3) is 0 Å². The van der Waals surface area contributed by atoms with E-state index < -0.39 is 0 Å². The highest BCUT2D eigenvalue weighted by atomic mass is 14.9. The summed E-state index contributed by atoms with van der Waals surface area (Å²) in [6, 6.07) is 0.872. The van der Waals surface area contributed by atoms with E-state index in [9.17, 15) is 0 Å². The van der Waals surface area contributed by atoms with Crippen molar-refractivity contribution >= 4 is 0 Å². The smallest absolute Gasteiger partial charge is 0.00762 e. The average Bonchev–Trinajstić information content (AvgIpc) is 1.88. The average molecular weight is 139 g/mol. The molecule has 1 fully saturated rings. The third-order valence-corrected chi connectivity index (χ3v) is 2.10. The van der Waals surface area contributed by atoms with Crippen LogP contribution in [0, 0.1) is 6.92 Å². The number of hydrogen-bond acceptors (Lipinski definition) is 1. The molecule has 1 rings (SSSR count). The second-order valence-electron chi connectivity index (χ2n) is 3.29. The molecule has 1 aliphatic rings. The predicted molar refractivity (Wildman–Crippen MR) is 43.8 cm³/mol. The molecule has 58 valence electrons. The lowest BCUT2D eigenvalue weighted by atomic mass is 9.95. The fraction of sp³-hybridized carbons (Fsp3) is 0.889. The van der Waals surface area contributed by atoms with Gasteiger partial charge in [0.15, 0.2) is 0 Å². The van der Waals surface area contributed by atoms with Crippen LogP contribution in [0.25, 0.3) is 0 Å². The number of nitrogens with one attached hydrogen (secondary N) is 1. The van der Waals surface area contributed by atoms with Gasteiger partial charge in [-0.3, -0.25) is 0 Å². The van der Waals surface area contributed by atoms with Crippen molar-refractivity contribution < 1.29 is 0 Å². The molecule has 1 nitrogen and oxygen atoms in total. The molecule has 1 atom stereocenters. The highest BCUT2D eigenvalue weighted by Gasteiger charge is 2.12. The van der Waals surface area contributed by atoms with Crippen LogP contribution < -0.4 is 5.32 Å². The molecule has 0 spiro atoms. The molecule has 0 amide bonds. The van der Waals surface area contributed by atoms with Crippen molar-refractivity contribution in [3.8, 4) is 0 Å². The molecule has 0 heterocycles. The Morgan fingerprint density at radius 2 is 1.90 bits per heavy atom. The predicted octanol–water partition coefficient (Wildman–Crippen LogP) is 2.01. The quantitative estimate of drug-likeness (QED) is 0.617. The van der Waals surface area contributed by atoms with Gasteiger partial charge in [0, 0.05) is 12.1 Å². The minimum Gasteiger partial charge on any atom is -0.311 e. The van der Waals surface area contributed by atoms with Crippen LogP contribution in [0.4, 0.5) is 0 Å². The first-order valence-electron chi connectivity index (χ1n) is 4.30. The zero-order chi connectivity index (χ0) is 7.40. The summed E-state index contributed by atoms with van der Waals surface area (Å²) in [4.78, 5) is 0. The zero-order valence-corrected chi connectivity index (χ0v) is 6.77. The monoisotopic (exact) mass is 139 g/mol. The molecule has 1 aliphatic carbocycles. The minimum atomic E-state index is 0.170. The molecule has 0 bridgehead atoms. The summed E-state index contributed by atoms with van der Waals surface area (Å²) in [7, 11) is 0. The van der Waals surface area contributed by atoms with Gasteiger partial charge in [0.1, 0.15) is 0 Å². The van der Waals surface area contributed by atoms with E-state index in [1.54, 1.807) is 0 Å². The first kappa shape index (κ1) is 8.06. The number of hydrogen-bond donors (Lipinski definition) is 1. The molecule has 0 aromatic carbocycles. The Morgan fingerprint density at radius 3 is 2.40 bits per heavy atom. The van der Waals surface area contributed by atoms with E-state index >= 15 is 0 Å². The van der Waals surface area contributed by atoms with Gasteiger partial charge in [-0.25, -0.2) is 0 Å². The third kappa shape index (κ3) is 2.70. The van der Waals surface area contributed by atoms with Crippen molar-refractivity contribution in [3.63, 3.8) is 0 Å². The minimum absolute atomic E-state index is 0.170. The van der Waals surface area contributed by atoms with E-state index in [2.05, 4.69) is 5.32 Å². The van der Waals surface area contributed by atoms with Gasteiger partial charge in [-0.15, -0.1) is 0 Å². The van der Waals surface area contributed by atoms with Crippen LogP contribution in [0.2, 0.25) is 0 Å². The van der Waals surface area contributed by atoms with Gasteiger partial charge >= 0.3 is 0 Å². The lowest BCUT2D eigenvalue weighted by Gasteiger charge is -2.24. The molecule has 0 aromatic rings. The van der Waals surface area contributed by atoms with Gasteiger partial charge in [0.05, 0.1) is 0 Å². The second kappa shape index (κ2) is 3.97. The van der Waals surface area contributed by atoms with Crippen LogP contribution in [-0.2, 0) is 0 Å². The Kier molecular flexibility index (Phi) is 3.20. The SMILES string of the molecule is [CH]C(C)NC1CCCCC1. The summed E-state index contributed by atoms with van der Waals surface area (Å²) in [6.45, 7) is 7.62. The van der Waals surface area contributed by atoms with Crippen LogP contribution in [-0.4, -0.2) is 12.1 Å². The van der Waals surface area contributed by atoms with Crippen molar-refractivity contribution in [2.24, 2.45) is 0 Å². The molecular formula is C9H17N. The van der Waals surface area contributed by atoms with Gasteiger partial charge in [-0.1, -0.05) is 19.3 Å². The van der Waals surface area contributed by atoms with E-state index in [1.165, 1.54) is 32.1 Å². The first-order valence-corrected chi connectivity index (χ1v) is 4.30. The molecule has 0 aliphatic heterocycles. The van der Waals surface area contributed by atoms with Crippen molar-refractivity contribution in [2.45, 2.75) is 51.1 Å². The van der Waals surface area contributed by atoms with Crippen LogP contribution in [0.3, 0.4) is 0 Å². The highest BCUT2D eigenvalue weighted by molar-refractivity contribution is 4.75. The van der Waals surface area contributed by atoms with Crippen molar-refractivity contribution in [2.75, 3.05) is 0 Å². The fourth-order valence-electron chi connectivity index (χ4n) is 1.64. The molecule has 0 aromatic heterocycles. The maximum Gasteiger partial charge on any atom is 0.00762 e. The Morgan fingerprint density at radius 1 is 1.30 bits per heavy atom. The van der Waals surface area contributed by atoms with E-state index in [4.69, 9.17) is 6.92 Å². The summed E-state index contributed by atoms with van der Waals surface area (Å²) < 4.78 is 0. The van der Waals surface area contributed by atoms with E-state index in [1.807, 2.05) is 6.92 Å². The van der Waals surface area contributed by atoms with Gasteiger partial charge in [-0.05, 0) is 26.7 Å². The normalized spacial score (nSPS) is 21.9. The standard InChI is InChI=1S/C9H17N/c1-8(2)10-9-6-4-3-5-7-9/h1,8-10H,3-7H2,2H3. The molecule has 1 saturated carbocycles. The Hall–Kier alpha value is -0.0400. The van der Waals surface area contributed by atoms with Gasteiger partial charge in [-0.2, -0.15) is 0 Å². The van der Waals surface area contributed by atoms with Crippen LogP contribution in [0.1, 0.15) is 39.0 Å². The highest BCUT2D eigenvalue weighted by Crippen LogP contribution is 2.17. The summed E-state index contributed by atoms with van der Waals surface area (Å²) in [5.74, 6) is 0. The molecule has 0 saturated heterocycles. The molecular weight excluding hydrogens is 122 g/mol. The Labute approximate surface area is 64.2 Å². The molecule has 1 unspecified atom stereocenters. The maximum atomic E-state index is 5.61. The third-order valence-electron chi connectivity index (χ3n) is 2.10. The molecule has 1 N–H and O–H groups in total.